The molecule has 2 aromatic rings. The van der Waals surface area contributed by atoms with Crippen molar-refractivity contribution in [3.8, 4) is 5.75 Å². The Hall–Kier alpha value is -2.47. The monoisotopic (exact) mass is 498 g/mol. The van der Waals surface area contributed by atoms with Crippen LogP contribution in [0.1, 0.15) is 72.4 Å². The molecule has 0 saturated carbocycles. The fraction of sp³-hybridized carbons (Fsp3) is 0.571. The van der Waals surface area contributed by atoms with Crippen LogP contribution in [0.15, 0.2) is 28.7 Å². The molecule has 0 unspecified atom stereocenters. The predicted octanol–water partition coefficient (Wildman–Crippen LogP) is 5.43. The number of hydrogen-bond donors (Lipinski definition) is 0. The van der Waals surface area contributed by atoms with E-state index >= 15 is 0 Å². The van der Waals surface area contributed by atoms with Gasteiger partial charge in [0.15, 0.2) is 0 Å². The molecule has 2 saturated heterocycles. The van der Waals surface area contributed by atoms with E-state index in [1.54, 1.807) is 0 Å². The highest BCUT2D eigenvalue weighted by Gasteiger charge is 2.37. The van der Waals surface area contributed by atoms with Crippen LogP contribution >= 0.6 is 11.6 Å². The predicted molar refractivity (Wildman–Crippen MR) is 135 cm³/mol. The number of halogens is 1. The van der Waals surface area contributed by atoms with Gasteiger partial charge in [-0.3, -0.25) is 9.59 Å². The standard InChI is InChI=1S/C28H35ClN2O4/c1-19-27(23-7-3-4-8-25(23)34-19)28(33)31-16-13-24(35-22-11-9-21(29)10-12-22)20(18-31)17-26(32)30-14-5-2-6-15-30/h9-12,20,24H,2-8,13-18H2,1H3/t20-,24-/m0/s1. The second-order valence-corrected chi connectivity index (χ2v) is 10.6. The van der Waals surface area contributed by atoms with E-state index in [0.717, 1.165) is 80.0 Å². The Kier molecular flexibility index (Phi) is 7.37. The van der Waals surface area contributed by atoms with Crippen LogP contribution in [0.5, 0.6) is 5.75 Å². The third kappa shape index (κ3) is 5.37. The Bertz CT molecular complexity index is 1060. The summed E-state index contributed by atoms with van der Waals surface area (Å²) >= 11 is 6.05. The summed E-state index contributed by atoms with van der Waals surface area (Å²) in [5, 5.41) is 0.661. The number of nitrogens with zero attached hydrogens (tertiary/aromatic N) is 2. The second-order valence-electron chi connectivity index (χ2n) is 10.2. The van der Waals surface area contributed by atoms with Crippen LogP contribution in [0, 0.1) is 12.8 Å². The number of carbonyl (C=O) groups excluding carboxylic acids is 2. The van der Waals surface area contributed by atoms with Gasteiger partial charge in [-0.1, -0.05) is 11.6 Å². The molecule has 6 nitrogen and oxygen atoms in total. The number of benzene rings is 1. The number of aryl methyl sites for hydroxylation is 2. The van der Waals surface area contributed by atoms with Crippen LogP contribution in [-0.4, -0.2) is 53.9 Å². The summed E-state index contributed by atoms with van der Waals surface area (Å²) in [7, 11) is 0. The number of piperidine rings is 2. The average Bonchev–Trinajstić information content (AvgIpc) is 3.22. The Labute approximate surface area is 212 Å². The van der Waals surface area contributed by atoms with Crippen LogP contribution < -0.4 is 4.74 Å². The first-order valence-electron chi connectivity index (χ1n) is 13.1. The average molecular weight is 499 g/mol. The lowest BCUT2D eigenvalue weighted by molar-refractivity contribution is -0.134. The van der Waals surface area contributed by atoms with Crippen molar-refractivity contribution < 1.29 is 18.7 Å². The van der Waals surface area contributed by atoms with Crippen LogP contribution in [0.25, 0.3) is 0 Å². The highest BCUT2D eigenvalue weighted by atomic mass is 35.5. The van der Waals surface area contributed by atoms with Gasteiger partial charge in [0.1, 0.15) is 23.4 Å². The van der Waals surface area contributed by atoms with Crippen LogP contribution in [0.2, 0.25) is 5.02 Å². The number of ether oxygens (including phenoxy) is 1. The van der Waals surface area contributed by atoms with Crippen LogP contribution in [0.3, 0.4) is 0 Å². The van der Waals surface area contributed by atoms with Crippen molar-refractivity contribution in [2.75, 3.05) is 26.2 Å². The highest BCUT2D eigenvalue weighted by molar-refractivity contribution is 6.30. The van der Waals surface area contributed by atoms with E-state index in [0.29, 0.717) is 31.0 Å². The van der Waals surface area contributed by atoms with Crippen molar-refractivity contribution >= 4 is 23.4 Å². The van der Waals surface area contributed by atoms with Gasteiger partial charge in [-0.05, 0) is 69.7 Å². The van der Waals surface area contributed by atoms with Crippen molar-refractivity contribution in [3.63, 3.8) is 0 Å². The molecule has 35 heavy (non-hydrogen) atoms. The topological polar surface area (TPSA) is 63.0 Å². The molecule has 188 valence electrons. The third-order valence-electron chi connectivity index (χ3n) is 7.76. The molecule has 0 spiro atoms. The normalized spacial score (nSPS) is 22.6. The number of carbonyl (C=O) groups is 2. The number of fused-ring (bicyclic) bond motifs is 1. The maximum atomic E-state index is 13.7. The van der Waals surface area contributed by atoms with Crippen LogP contribution in [-0.2, 0) is 17.6 Å². The first kappa shape index (κ1) is 24.2. The molecule has 1 aromatic carbocycles. The van der Waals surface area contributed by atoms with Gasteiger partial charge in [0, 0.05) is 61.9 Å². The van der Waals surface area contributed by atoms with Crippen LogP contribution in [0.4, 0.5) is 0 Å². The molecular formula is C28H35ClN2O4. The summed E-state index contributed by atoms with van der Waals surface area (Å²) < 4.78 is 12.3. The number of hydrogen-bond acceptors (Lipinski definition) is 4. The maximum absolute atomic E-state index is 13.7. The van der Waals surface area contributed by atoms with E-state index < -0.39 is 0 Å². The lowest BCUT2D eigenvalue weighted by atomic mass is 9.89. The summed E-state index contributed by atoms with van der Waals surface area (Å²) in [6.07, 6.45) is 8.29. The minimum atomic E-state index is -0.131. The smallest absolute Gasteiger partial charge is 0.257 e. The lowest BCUT2D eigenvalue weighted by Crippen LogP contribution is -2.50. The fourth-order valence-corrected chi connectivity index (χ4v) is 6.00. The molecule has 7 heteroatoms. The van der Waals surface area contributed by atoms with Gasteiger partial charge in [-0.25, -0.2) is 0 Å². The van der Waals surface area contributed by atoms with E-state index in [1.807, 2.05) is 41.0 Å². The summed E-state index contributed by atoms with van der Waals surface area (Å²) in [5.41, 5.74) is 1.84. The first-order valence-corrected chi connectivity index (χ1v) is 13.5. The van der Waals surface area contributed by atoms with Gasteiger partial charge >= 0.3 is 0 Å². The Balaban J connectivity index is 1.34. The van der Waals surface area contributed by atoms with Gasteiger partial charge in [-0.15, -0.1) is 0 Å². The quantitative estimate of drug-likeness (QED) is 0.551. The molecule has 0 bridgehead atoms. The molecule has 3 heterocycles. The van der Waals surface area contributed by atoms with E-state index in [1.165, 1.54) is 6.42 Å². The first-order chi connectivity index (χ1) is 17.0. The minimum absolute atomic E-state index is 0.0368. The fourth-order valence-electron chi connectivity index (χ4n) is 5.87. The molecule has 2 amide bonds. The van der Waals surface area contributed by atoms with Gasteiger partial charge in [0.25, 0.3) is 5.91 Å². The Morgan fingerprint density at radius 1 is 1.00 bits per heavy atom. The van der Waals surface area contributed by atoms with E-state index in [4.69, 9.17) is 20.8 Å². The molecule has 1 aliphatic carbocycles. The number of rotatable bonds is 5. The molecule has 2 aliphatic heterocycles. The summed E-state index contributed by atoms with van der Waals surface area (Å²) in [4.78, 5) is 30.8. The number of amides is 2. The molecule has 2 fully saturated rings. The SMILES string of the molecule is Cc1oc2c(c1C(=O)N1CC[C@H](Oc3ccc(Cl)cc3)[C@@H](CC(=O)N3CCCCC3)C1)CCCC2. The second kappa shape index (κ2) is 10.7. The zero-order chi connectivity index (χ0) is 24.4. The maximum Gasteiger partial charge on any atom is 0.257 e. The third-order valence-corrected chi connectivity index (χ3v) is 8.01. The minimum Gasteiger partial charge on any atom is -0.490 e. The van der Waals surface area contributed by atoms with Crippen molar-refractivity contribution in [1.82, 2.24) is 9.80 Å². The van der Waals surface area contributed by atoms with Crippen molar-refractivity contribution in [2.45, 2.75) is 70.8 Å². The van der Waals surface area contributed by atoms with E-state index in [9.17, 15) is 9.59 Å². The largest absolute Gasteiger partial charge is 0.490 e. The van der Waals surface area contributed by atoms with Crippen molar-refractivity contribution in [3.05, 3.63) is 51.9 Å². The van der Waals surface area contributed by atoms with E-state index in [-0.39, 0.29) is 23.8 Å². The van der Waals surface area contributed by atoms with Gasteiger partial charge in [0.05, 0.1) is 5.56 Å². The Morgan fingerprint density at radius 3 is 2.51 bits per heavy atom. The zero-order valence-corrected chi connectivity index (χ0v) is 21.3. The molecule has 0 N–H and O–H groups in total. The summed E-state index contributed by atoms with van der Waals surface area (Å²) in [6.45, 7) is 4.68. The number of likely N-dealkylation sites (tertiary alicyclic amines) is 2. The molecule has 2 atom stereocenters. The highest BCUT2D eigenvalue weighted by Crippen LogP contribution is 2.33. The number of furan rings is 1. The summed E-state index contributed by atoms with van der Waals surface area (Å²) in [5.74, 6) is 2.59. The van der Waals surface area contributed by atoms with E-state index in [2.05, 4.69) is 0 Å². The van der Waals surface area contributed by atoms with Gasteiger partial charge in [0.2, 0.25) is 5.91 Å². The lowest BCUT2D eigenvalue weighted by Gasteiger charge is -2.39. The molecule has 3 aliphatic rings. The summed E-state index contributed by atoms with van der Waals surface area (Å²) in [6, 6.07) is 7.36. The Morgan fingerprint density at radius 2 is 1.74 bits per heavy atom. The molecule has 1 aromatic heterocycles. The van der Waals surface area contributed by atoms with Gasteiger partial charge < -0.3 is 19.0 Å². The van der Waals surface area contributed by atoms with Crippen molar-refractivity contribution in [1.29, 1.82) is 0 Å². The molecule has 0 radical (unpaired) electrons. The zero-order valence-electron chi connectivity index (χ0n) is 20.6. The van der Waals surface area contributed by atoms with Gasteiger partial charge in [-0.2, -0.15) is 0 Å². The van der Waals surface area contributed by atoms with Crippen molar-refractivity contribution in [2.24, 2.45) is 5.92 Å². The molecule has 5 rings (SSSR count). The molecular weight excluding hydrogens is 464 g/mol.